The summed E-state index contributed by atoms with van der Waals surface area (Å²) in [6.45, 7) is 4.38. The zero-order valence-electron chi connectivity index (χ0n) is 17.8. The Kier molecular flexibility index (Phi) is 7.10. The number of morpholine rings is 2. The molecule has 0 aliphatic carbocycles. The van der Waals surface area contributed by atoms with E-state index in [1.165, 1.54) is 12.1 Å². The molecule has 6 nitrogen and oxygen atoms in total. The number of carbonyl (C=O) groups excluding carboxylic acids is 1. The second-order valence-corrected chi connectivity index (χ2v) is 8.42. The van der Waals surface area contributed by atoms with Crippen molar-refractivity contribution in [3.05, 3.63) is 70.8 Å². The average molecular weight is 440 g/mol. The molecule has 8 heteroatoms. The minimum atomic E-state index is -0.823. The van der Waals surface area contributed by atoms with Crippen LogP contribution in [0.5, 0.6) is 0 Å². The predicted octanol–water partition coefficient (Wildman–Crippen LogP) is 2.08. The van der Waals surface area contributed by atoms with Crippen molar-refractivity contribution in [2.75, 3.05) is 39.3 Å². The number of nitriles is 1. The maximum absolute atomic E-state index is 13.4. The highest BCUT2D eigenvalue weighted by molar-refractivity contribution is 5.78. The molecule has 2 bridgehead atoms. The number of carbonyl (C=O) groups is 1. The van der Waals surface area contributed by atoms with Gasteiger partial charge in [0.2, 0.25) is 5.91 Å². The molecule has 2 aromatic rings. The third kappa shape index (κ3) is 5.88. The van der Waals surface area contributed by atoms with Crippen molar-refractivity contribution in [2.45, 2.75) is 25.2 Å². The summed E-state index contributed by atoms with van der Waals surface area (Å²) < 4.78 is 32.5. The first-order valence-corrected chi connectivity index (χ1v) is 10.8. The average Bonchev–Trinajstić information content (AvgIpc) is 2.78. The van der Waals surface area contributed by atoms with Crippen molar-refractivity contribution >= 4 is 5.91 Å². The lowest BCUT2D eigenvalue weighted by molar-refractivity contribution is -0.144. The van der Waals surface area contributed by atoms with E-state index < -0.39 is 11.6 Å². The number of fused-ring (bicyclic) bond motifs is 2. The van der Waals surface area contributed by atoms with Gasteiger partial charge in [-0.05, 0) is 41.8 Å². The van der Waals surface area contributed by atoms with Crippen LogP contribution in [-0.4, -0.2) is 67.2 Å². The Labute approximate surface area is 186 Å². The van der Waals surface area contributed by atoms with E-state index in [9.17, 15) is 13.6 Å². The quantitative estimate of drug-likeness (QED) is 0.714. The van der Waals surface area contributed by atoms with Crippen LogP contribution in [0.4, 0.5) is 8.78 Å². The van der Waals surface area contributed by atoms with E-state index in [0.29, 0.717) is 38.2 Å². The molecular weight excluding hydrogens is 414 g/mol. The molecule has 4 rings (SSSR count). The zero-order valence-corrected chi connectivity index (χ0v) is 17.8. The summed E-state index contributed by atoms with van der Waals surface area (Å²) in [5.41, 5.74) is 2.33. The van der Waals surface area contributed by atoms with Crippen molar-refractivity contribution < 1.29 is 18.3 Å². The summed E-state index contributed by atoms with van der Waals surface area (Å²) >= 11 is 0. The van der Waals surface area contributed by atoms with Gasteiger partial charge < -0.3 is 10.1 Å². The van der Waals surface area contributed by atoms with Gasteiger partial charge in [0.05, 0.1) is 30.4 Å². The molecule has 2 saturated heterocycles. The summed E-state index contributed by atoms with van der Waals surface area (Å²) in [5.74, 6) is -1.67. The fraction of sp³-hybridized carbons (Fsp3) is 0.417. The van der Waals surface area contributed by atoms with Gasteiger partial charge in [-0.1, -0.05) is 18.2 Å². The van der Waals surface area contributed by atoms with Gasteiger partial charge in [-0.15, -0.1) is 0 Å². The van der Waals surface area contributed by atoms with Crippen LogP contribution in [0.1, 0.15) is 16.7 Å². The van der Waals surface area contributed by atoms with Gasteiger partial charge >= 0.3 is 0 Å². The number of rotatable bonds is 7. The van der Waals surface area contributed by atoms with Crippen LogP contribution in [0.15, 0.2) is 42.5 Å². The molecular formula is C24H26F2N4O2. The van der Waals surface area contributed by atoms with Crippen molar-refractivity contribution in [3.8, 4) is 6.07 Å². The van der Waals surface area contributed by atoms with Crippen LogP contribution in [0.3, 0.4) is 0 Å². The predicted molar refractivity (Wildman–Crippen MR) is 115 cm³/mol. The number of ether oxygens (including phenoxy) is 1. The number of amides is 1. The Morgan fingerprint density at radius 3 is 2.31 bits per heavy atom. The summed E-state index contributed by atoms with van der Waals surface area (Å²) in [6, 6.07) is 13.3. The van der Waals surface area contributed by atoms with E-state index in [4.69, 9.17) is 10.00 Å². The van der Waals surface area contributed by atoms with Crippen molar-refractivity contribution in [1.29, 1.82) is 5.26 Å². The number of hydrogen-bond acceptors (Lipinski definition) is 5. The van der Waals surface area contributed by atoms with E-state index in [2.05, 4.69) is 21.2 Å². The summed E-state index contributed by atoms with van der Waals surface area (Å²) in [4.78, 5) is 16.8. The Balaban J connectivity index is 1.21. The molecule has 0 saturated carbocycles. The first kappa shape index (κ1) is 22.3. The molecule has 32 heavy (non-hydrogen) atoms. The van der Waals surface area contributed by atoms with Crippen LogP contribution < -0.4 is 5.32 Å². The van der Waals surface area contributed by atoms with E-state index >= 15 is 0 Å². The van der Waals surface area contributed by atoms with Crippen LogP contribution in [0.2, 0.25) is 0 Å². The van der Waals surface area contributed by atoms with Gasteiger partial charge in [0.1, 0.15) is 0 Å². The third-order valence-corrected chi connectivity index (χ3v) is 5.87. The smallest absolute Gasteiger partial charge is 0.234 e. The number of nitrogens with one attached hydrogen (secondary N) is 1. The van der Waals surface area contributed by atoms with Crippen LogP contribution in [0.25, 0.3) is 0 Å². The number of nitrogens with zero attached hydrogens (tertiary/aromatic N) is 3. The Hall–Kier alpha value is -2.86. The fourth-order valence-electron chi connectivity index (χ4n) is 4.31. The van der Waals surface area contributed by atoms with E-state index in [0.717, 1.165) is 30.8 Å². The molecule has 0 radical (unpaired) electrons. The van der Waals surface area contributed by atoms with Gasteiger partial charge in [0.15, 0.2) is 11.6 Å². The molecule has 0 spiro atoms. The normalized spacial score (nSPS) is 21.2. The van der Waals surface area contributed by atoms with Gasteiger partial charge in [0, 0.05) is 39.3 Å². The molecule has 1 amide bonds. The second kappa shape index (κ2) is 10.2. The first-order chi connectivity index (χ1) is 15.5. The Bertz CT molecular complexity index is 978. The molecule has 0 aromatic heterocycles. The van der Waals surface area contributed by atoms with Gasteiger partial charge in [-0.25, -0.2) is 8.78 Å². The molecule has 2 atom stereocenters. The van der Waals surface area contributed by atoms with Crippen molar-refractivity contribution in [1.82, 2.24) is 15.1 Å². The standard InChI is InChI=1S/C24H26F2N4O2/c25-22-6-5-17(9-23(22)26)7-8-29-12-20-14-30(15-21(13-29)32-20)16-24(31)28-11-19-3-1-18(10-27)2-4-19/h1-6,9,20-21H,7-8,11-16H2,(H,28,31). The summed E-state index contributed by atoms with van der Waals surface area (Å²) in [6.07, 6.45) is 0.704. The van der Waals surface area contributed by atoms with Crippen molar-refractivity contribution in [2.24, 2.45) is 0 Å². The minimum absolute atomic E-state index is 0.0266. The molecule has 168 valence electrons. The molecule has 2 aliphatic heterocycles. The van der Waals surface area contributed by atoms with Gasteiger partial charge in [-0.3, -0.25) is 14.6 Å². The van der Waals surface area contributed by atoms with E-state index in [-0.39, 0.29) is 18.1 Å². The van der Waals surface area contributed by atoms with Crippen LogP contribution in [-0.2, 0) is 22.5 Å². The Morgan fingerprint density at radius 1 is 1.00 bits per heavy atom. The van der Waals surface area contributed by atoms with Gasteiger partial charge in [0.25, 0.3) is 0 Å². The summed E-state index contributed by atoms with van der Waals surface area (Å²) in [7, 11) is 0. The number of halogens is 2. The third-order valence-electron chi connectivity index (χ3n) is 5.87. The molecule has 2 heterocycles. The SMILES string of the molecule is N#Cc1ccc(CNC(=O)CN2CC3CN(CCc4ccc(F)c(F)c4)CC(C2)O3)cc1. The van der Waals surface area contributed by atoms with Crippen LogP contribution in [0, 0.1) is 23.0 Å². The lowest BCUT2D eigenvalue weighted by Gasteiger charge is -2.45. The summed E-state index contributed by atoms with van der Waals surface area (Å²) in [5, 5.41) is 11.8. The maximum Gasteiger partial charge on any atom is 0.234 e. The molecule has 2 unspecified atom stereocenters. The highest BCUT2D eigenvalue weighted by Crippen LogP contribution is 2.20. The highest BCUT2D eigenvalue weighted by Gasteiger charge is 2.35. The van der Waals surface area contributed by atoms with Crippen LogP contribution >= 0.6 is 0 Å². The lowest BCUT2D eigenvalue weighted by atomic mass is 10.1. The minimum Gasteiger partial charge on any atom is -0.370 e. The monoisotopic (exact) mass is 440 g/mol. The van der Waals surface area contributed by atoms with E-state index in [1.54, 1.807) is 18.2 Å². The Morgan fingerprint density at radius 2 is 1.66 bits per heavy atom. The molecule has 2 fully saturated rings. The van der Waals surface area contributed by atoms with E-state index in [1.807, 2.05) is 12.1 Å². The fourth-order valence-corrected chi connectivity index (χ4v) is 4.31. The van der Waals surface area contributed by atoms with Gasteiger partial charge in [-0.2, -0.15) is 5.26 Å². The number of benzene rings is 2. The lowest BCUT2D eigenvalue weighted by Crippen LogP contribution is -2.60. The van der Waals surface area contributed by atoms with Crippen molar-refractivity contribution in [3.63, 3.8) is 0 Å². The maximum atomic E-state index is 13.4. The molecule has 2 aliphatic rings. The molecule has 1 N–H and O–H groups in total. The topological polar surface area (TPSA) is 68.6 Å². The second-order valence-electron chi connectivity index (χ2n) is 8.42. The number of hydrogen-bond donors (Lipinski definition) is 1. The largest absolute Gasteiger partial charge is 0.370 e. The molecule has 2 aromatic carbocycles. The zero-order chi connectivity index (χ0) is 22.5. The highest BCUT2D eigenvalue weighted by atomic mass is 19.2. The first-order valence-electron chi connectivity index (χ1n) is 10.8.